The lowest BCUT2D eigenvalue weighted by Crippen LogP contribution is -2.59. The van der Waals surface area contributed by atoms with Crippen LogP contribution >= 0.6 is 0 Å². The highest BCUT2D eigenvalue weighted by Crippen LogP contribution is 2.20. The summed E-state index contributed by atoms with van der Waals surface area (Å²) < 4.78 is 0. The van der Waals surface area contributed by atoms with Crippen LogP contribution in [0.2, 0.25) is 0 Å². The molecule has 1 aliphatic heterocycles. The van der Waals surface area contributed by atoms with Crippen molar-refractivity contribution in [1.29, 1.82) is 0 Å². The Kier molecular flexibility index (Phi) is 9.20. The number of hydrogen-bond acceptors (Lipinski definition) is 8. The number of nitrogens with two attached hydrogens (primary N) is 1. The van der Waals surface area contributed by atoms with Gasteiger partial charge >= 0.3 is 5.97 Å². The quantitative estimate of drug-likeness (QED) is 0.188. The average molecular weight is 517 g/mol. The number of hydrogen-bond donors (Lipinski definition) is 7. The maximum absolute atomic E-state index is 13.5. The lowest BCUT2D eigenvalue weighted by molar-refractivity contribution is -0.149. The van der Waals surface area contributed by atoms with Crippen molar-refractivity contribution in [2.45, 2.75) is 62.9 Å². The van der Waals surface area contributed by atoms with E-state index in [0.29, 0.717) is 24.1 Å². The van der Waals surface area contributed by atoms with Gasteiger partial charge in [0.25, 0.3) is 0 Å². The maximum Gasteiger partial charge on any atom is 0.326 e. The number of nitrogens with zero attached hydrogens (tertiary/aromatic N) is 2. The summed E-state index contributed by atoms with van der Waals surface area (Å²) in [6.07, 6.45) is 2.54. The second-order valence-corrected chi connectivity index (χ2v) is 9.07. The highest BCUT2D eigenvalue weighted by atomic mass is 16.4. The molecule has 8 N–H and O–H groups in total. The Bertz CT molecular complexity index is 1090. The van der Waals surface area contributed by atoms with E-state index in [4.69, 9.17) is 5.73 Å². The fraction of sp³-hybridized carbons (Fsp3) is 0.458. The van der Waals surface area contributed by atoms with Crippen LogP contribution in [0.5, 0.6) is 5.75 Å². The Morgan fingerprint density at radius 1 is 1.14 bits per heavy atom. The van der Waals surface area contributed by atoms with Crippen LogP contribution in [0.25, 0.3) is 0 Å². The first-order valence-corrected chi connectivity index (χ1v) is 11.9. The van der Waals surface area contributed by atoms with Crippen molar-refractivity contribution in [2.24, 2.45) is 5.73 Å². The van der Waals surface area contributed by atoms with Gasteiger partial charge in [0.2, 0.25) is 17.7 Å². The first kappa shape index (κ1) is 27.6. The molecule has 13 nitrogen and oxygen atoms in total. The number of aliphatic hydroxyl groups is 1. The number of nitrogens with one attached hydrogen (secondary N) is 3. The number of aliphatic hydroxyl groups excluding tert-OH is 1. The van der Waals surface area contributed by atoms with E-state index in [1.54, 1.807) is 12.1 Å². The number of benzene rings is 1. The van der Waals surface area contributed by atoms with Crippen LogP contribution in [-0.2, 0) is 32.0 Å². The molecule has 0 radical (unpaired) electrons. The Morgan fingerprint density at radius 2 is 1.81 bits per heavy atom. The van der Waals surface area contributed by atoms with E-state index in [1.165, 1.54) is 36.5 Å². The Balaban J connectivity index is 1.85. The van der Waals surface area contributed by atoms with Crippen molar-refractivity contribution in [1.82, 2.24) is 25.5 Å². The number of likely N-dealkylation sites (tertiary alicyclic amines) is 1. The van der Waals surface area contributed by atoms with Crippen LogP contribution in [0.4, 0.5) is 0 Å². The standard InChI is InChI=1S/C24H32N6O7/c1-13(31)20(25)22(34)28-17(10-15-11-26-12-27-15)21(33)29-18(9-14-4-6-16(32)7-5-14)23(35)30-8-2-3-19(30)24(36)37/h4-7,11-13,17-20,31-32H,2-3,8-10,25H2,1H3,(H,26,27)(H,28,34)(H,29,33)(H,36,37). The van der Waals surface area contributed by atoms with E-state index < -0.39 is 54.0 Å². The normalized spacial score (nSPS) is 18.5. The lowest BCUT2D eigenvalue weighted by atomic mass is 10.0. The molecule has 1 saturated heterocycles. The molecule has 0 saturated carbocycles. The van der Waals surface area contributed by atoms with Crippen molar-refractivity contribution in [3.8, 4) is 5.75 Å². The number of carboxylic acid groups (broad SMARTS) is 1. The number of carbonyl (C=O) groups is 4. The topological polar surface area (TPSA) is 211 Å². The molecular weight excluding hydrogens is 484 g/mol. The molecule has 1 aromatic heterocycles. The van der Waals surface area contributed by atoms with E-state index in [2.05, 4.69) is 20.6 Å². The first-order valence-electron chi connectivity index (χ1n) is 11.9. The summed E-state index contributed by atoms with van der Waals surface area (Å²) in [5, 5.41) is 34.0. The number of aliphatic carboxylic acids is 1. The van der Waals surface area contributed by atoms with E-state index in [9.17, 15) is 34.5 Å². The number of aromatic hydroxyl groups is 1. The molecule has 200 valence electrons. The largest absolute Gasteiger partial charge is 0.508 e. The SMILES string of the molecule is CC(O)C(N)C(=O)NC(Cc1cnc[nH]1)C(=O)NC(Cc1ccc(O)cc1)C(=O)N1CCCC1C(=O)O. The molecule has 3 amide bonds. The molecule has 1 aromatic carbocycles. The van der Waals surface area contributed by atoms with Crippen LogP contribution < -0.4 is 16.4 Å². The third-order valence-electron chi connectivity index (χ3n) is 6.25. The summed E-state index contributed by atoms with van der Waals surface area (Å²) in [6.45, 7) is 1.57. The highest BCUT2D eigenvalue weighted by molar-refractivity contribution is 5.94. The van der Waals surface area contributed by atoms with E-state index in [1.807, 2.05) is 0 Å². The Morgan fingerprint density at radius 3 is 2.41 bits per heavy atom. The van der Waals surface area contributed by atoms with E-state index in [-0.39, 0.29) is 25.1 Å². The van der Waals surface area contributed by atoms with Gasteiger partial charge in [0.15, 0.2) is 0 Å². The van der Waals surface area contributed by atoms with Crippen molar-refractivity contribution in [2.75, 3.05) is 6.54 Å². The number of aromatic nitrogens is 2. The predicted octanol–water partition coefficient (Wildman–Crippen LogP) is -1.35. The summed E-state index contributed by atoms with van der Waals surface area (Å²) in [7, 11) is 0. The van der Waals surface area contributed by atoms with Gasteiger partial charge in [0.1, 0.15) is 29.9 Å². The average Bonchev–Trinajstić information content (AvgIpc) is 3.55. The molecule has 13 heteroatoms. The van der Waals surface area contributed by atoms with Crippen LogP contribution in [-0.4, -0.2) is 90.7 Å². The molecule has 0 bridgehead atoms. The molecule has 5 atom stereocenters. The molecule has 1 fully saturated rings. The van der Waals surface area contributed by atoms with E-state index in [0.717, 1.165) is 0 Å². The third kappa shape index (κ3) is 7.27. The Hall–Kier alpha value is -3.97. The zero-order valence-electron chi connectivity index (χ0n) is 20.3. The molecule has 5 unspecified atom stereocenters. The zero-order valence-corrected chi connectivity index (χ0v) is 20.3. The molecule has 2 aromatic rings. The van der Waals surface area contributed by atoms with Gasteiger partial charge in [-0.3, -0.25) is 14.4 Å². The summed E-state index contributed by atoms with van der Waals surface area (Å²) in [5.41, 5.74) is 6.87. The second-order valence-electron chi connectivity index (χ2n) is 9.07. The van der Waals surface area contributed by atoms with Crippen LogP contribution in [0.1, 0.15) is 31.0 Å². The highest BCUT2D eigenvalue weighted by Gasteiger charge is 2.38. The number of carboxylic acids is 1. The first-order chi connectivity index (χ1) is 17.6. The Labute approximate surface area is 213 Å². The van der Waals surface area contributed by atoms with Crippen LogP contribution in [0.15, 0.2) is 36.8 Å². The van der Waals surface area contributed by atoms with Crippen molar-refractivity contribution < 1.29 is 34.5 Å². The van der Waals surface area contributed by atoms with Crippen molar-refractivity contribution in [3.05, 3.63) is 48.0 Å². The summed E-state index contributed by atoms with van der Waals surface area (Å²) >= 11 is 0. The summed E-state index contributed by atoms with van der Waals surface area (Å²) in [5.74, 6) is -3.14. The second kappa shape index (κ2) is 12.3. The van der Waals surface area contributed by atoms with Gasteiger partial charge in [-0.25, -0.2) is 9.78 Å². The number of rotatable bonds is 11. The van der Waals surface area contributed by atoms with Gasteiger partial charge in [0.05, 0.1) is 12.4 Å². The summed E-state index contributed by atoms with van der Waals surface area (Å²) in [6, 6.07) is 1.44. The molecule has 3 rings (SSSR count). The van der Waals surface area contributed by atoms with Crippen LogP contribution in [0.3, 0.4) is 0 Å². The molecule has 0 spiro atoms. The van der Waals surface area contributed by atoms with E-state index >= 15 is 0 Å². The zero-order chi connectivity index (χ0) is 27.1. The molecule has 37 heavy (non-hydrogen) atoms. The van der Waals surface area contributed by atoms with Gasteiger partial charge in [0, 0.05) is 31.3 Å². The third-order valence-corrected chi connectivity index (χ3v) is 6.25. The van der Waals surface area contributed by atoms with Crippen LogP contribution in [0, 0.1) is 0 Å². The fourth-order valence-corrected chi connectivity index (χ4v) is 4.14. The summed E-state index contributed by atoms with van der Waals surface area (Å²) in [4.78, 5) is 59.1. The number of imidazole rings is 1. The minimum absolute atomic E-state index is 0.00825. The van der Waals surface area contributed by atoms with Gasteiger partial charge in [-0.2, -0.15) is 0 Å². The lowest BCUT2D eigenvalue weighted by Gasteiger charge is -2.29. The monoisotopic (exact) mass is 516 g/mol. The van der Waals surface area contributed by atoms with Gasteiger partial charge in [-0.1, -0.05) is 12.1 Å². The van der Waals surface area contributed by atoms with Crippen molar-refractivity contribution in [3.63, 3.8) is 0 Å². The van der Waals surface area contributed by atoms with Gasteiger partial charge in [-0.15, -0.1) is 0 Å². The minimum Gasteiger partial charge on any atom is -0.508 e. The minimum atomic E-state index is -1.28. The fourth-order valence-electron chi connectivity index (χ4n) is 4.14. The molecule has 2 heterocycles. The van der Waals surface area contributed by atoms with Gasteiger partial charge in [-0.05, 0) is 37.5 Å². The van der Waals surface area contributed by atoms with Crippen molar-refractivity contribution >= 4 is 23.7 Å². The van der Waals surface area contributed by atoms with Gasteiger partial charge < -0.3 is 41.6 Å². The molecular formula is C24H32N6O7. The maximum atomic E-state index is 13.5. The smallest absolute Gasteiger partial charge is 0.326 e. The predicted molar refractivity (Wildman–Crippen MR) is 130 cm³/mol. The number of amides is 3. The molecule has 1 aliphatic rings. The number of H-pyrrole nitrogens is 1. The number of phenolic OH excluding ortho intramolecular Hbond substituents is 1. The number of carbonyl (C=O) groups excluding carboxylic acids is 3. The molecule has 0 aliphatic carbocycles. The number of aromatic amines is 1. The number of phenols is 1.